The third-order valence-electron chi connectivity index (χ3n) is 5.47. The quantitative estimate of drug-likeness (QED) is 0.637. The summed E-state index contributed by atoms with van der Waals surface area (Å²) in [6.07, 6.45) is 1.65. The summed E-state index contributed by atoms with van der Waals surface area (Å²) < 4.78 is 7.36. The minimum Gasteiger partial charge on any atom is -0.496 e. The molecule has 0 atom stereocenters. The van der Waals surface area contributed by atoms with Crippen molar-refractivity contribution in [3.63, 3.8) is 0 Å². The summed E-state index contributed by atoms with van der Waals surface area (Å²) in [5.41, 5.74) is 2.25. The van der Waals surface area contributed by atoms with Crippen LogP contribution in [-0.4, -0.2) is 49.6 Å². The molecule has 0 bridgehead atoms. The summed E-state index contributed by atoms with van der Waals surface area (Å²) in [5.74, 6) is 0.903. The van der Waals surface area contributed by atoms with Crippen molar-refractivity contribution in [1.82, 2.24) is 24.6 Å². The number of aromatic nitrogens is 4. The van der Waals surface area contributed by atoms with E-state index in [0.29, 0.717) is 35.2 Å². The highest BCUT2D eigenvalue weighted by Crippen LogP contribution is 2.32. The van der Waals surface area contributed by atoms with E-state index in [-0.39, 0.29) is 23.6 Å². The first-order chi connectivity index (χ1) is 15.3. The van der Waals surface area contributed by atoms with Crippen molar-refractivity contribution in [2.45, 2.75) is 46.3 Å². The first kappa shape index (κ1) is 21.5. The van der Waals surface area contributed by atoms with Gasteiger partial charge < -0.3 is 19.5 Å². The Kier molecular flexibility index (Phi) is 5.65. The Labute approximate surface area is 186 Å². The van der Waals surface area contributed by atoms with Crippen LogP contribution in [0.15, 0.2) is 36.7 Å². The van der Waals surface area contributed by atoms with Gasteiger partial charge in [0, 0.05) is 24.2 Å². The maximum atomic E-state index is 13.1. The Hall–Kier alpha value is -3.75. The number of amides is 2. The number of methoxy groups -OCH3 is 1. The van der Waals surface area contributed by atoms with E-state index in [4.69, 9.17) is 4.74 Å². The normalized spacial score (nSPS) is 13.1. The highest BCUT2D eigenvalue weighted by atomic mass is 16.5. The summed E-state index contributed by atoms with van der Waals surface area (Å²) in [7, 11) is 1.51. The molecule has 0 aliphatic carbocycles. The zero-order valence-electron chi connectivity index (χ0n) is 18.8. The van der Waals surface area contributed by atoms with Crippen LogP contribution in [0, 0.1) is 0 Å². The van der Waals surface area contributed by atoms with Crippen LogP contribution in [0.4, 0.5) is 5.82 Å². The van der Waals surface area contributed by atoms with Crippen molar-refractivity contribution < 1.29 is 14.3 Å². The van der Waals surface area contributed by atoms with Crippen LogP contribution in [0.3, 0.4) is 0 Å². The molecule has 9 heteroatoms. The summed E-state index contributed by atoms with van der Waals surface area (Å²) in [6, 6.07) is 8.90. The van der Waals surface area contributed by atoms with Crippen LogP contribution < -0.4 is 10.1 Å². The molecule has 0 saturated carbocycles. The second kappa shape index (κ2) is 8.41. The van der Waals surface area contributed by atoms with Crippen LogP contribution in [0.25, 0.3) is 11.5 Å². The summed E-state index contributed by atoms with van der Waals surface area (Å²) in [5, 5.41) is 10.9. The largest absolute Gasteiger partial charge is 0.496 e. The molecule has 0 spiro atoms. The van der Waals surface area contributed by atoms with Crippen molar-refractivity contribution in [2.75, 3.05) is 12.4 Å². The zero-order valence-corrected chi connectivity index (χ0v) is 18.8. The highest BCUT2D eigenvalue weighted by molar-refractivity contribution is 6.08. The van der Waals surface area contributed by atoms with E-state index in [1.165, 1.54) is 7.11 Å². The molecule has 1 aliphatic heterocycles. The van der Waals surface area contributed by atoms with Crippen molar-refractivity contribution in [1.29, 1.82) is 0 Å². The van der Waals surface area contributed by atoms with Gasteiger partial charge in [0.25, 0.3) is 11.8 Å². The second-order valence-electron chi connectivity index (χ2n) is 8.25. The van der Waals surface area contributed by atoms with Gasteiger partial charge in [-0.05, 0) is 57.5 Å². The molecule has 9 nitrogen and oxygen atoms in total. The molecule has 1 aromatic carbocycles. The molecule has 4 rings (SSSR count). The number of nitrogens with zero attached hydrogens (tertiary/aromatic N) is 5. The predicted octanol–water partition coefficient (Wildman–Crippen LogP) is 3.55. The van der Waals surface area contributed by atoms with E-state index in [1.54, 1.807) is 35.5 Å². The number of hydrogen-bond donors (Lipinski definition) is 1. The molecule has 0 fully saturated rings. The fourth-order valence-corrected chi connectivity index (χ4v) is 3.74. The number of rotatable bonds is 6. The number of carbonyl (C=O) groups is 2. The molecule has 3 heterocycles. The Morgan fingerprint density at radius 3 is 2.62 bits per heavy atom. The Bertz CT molecular complexity index is 1180. The van der Waals surface area contributed by atoms with Gasteiger partial charge in [0.05, 0.1) is 12.7 Å². The van der Waals surface area contributed by atoms with Gasteiger partial charge in [-0.3, -0.25) is 9.59 Å². The third kappa shape index (κ3) is 3.81. The molecule has 1 aliphatic rings. The van der Waals surface area contributed by atoms with Crippen LogP contribution in [0.2, 0.25) is 0 Å². The van der Waals surface area contributed by atoms with Crippen LogP contribution in [0.5, 0.6) is 5.75 Å². The topological polar surface area (TPSA) is 102 Å². The molecular weight excluding hydrogens is 408 g/mol. The van der Waals surface area contributed by atoms with Gasteiger partial charge in [0.2, 0.25) is 0 Å². The number of hydrogen-bond acceptors (Lipinski definition) is 6. The number of nitrogens with one attached hydrogen (secondary N) is 1. The van der Waals surface area contributed by atoms with E-state index < -0.39 is 5.91 Å². The maximum Gasteiger partial charge on any atom is 0.260 e. The standard InChI is InChI=1S/C23H26N6O3/c1-13(2)28-11-15-9-19(32-5)17(10-16(15)23(28)31)22(30)26-20-8-6-7-18(25-20)21-27-24-12-29(21)14(3)4/h6-10,12-14H,11H2,1-5H3,(H,25,26,30). The molecule has 2 aromatic heterocycles. The number of anilines is 1. The summed E-state index contributed by atoms with van der Waals surface area (Å²) >= 11 is 0. The number of carbonyl (C=O) groups excluding carboxylic acids is 2. The average molecular weight is 435 g/mol. The molecule has 166 valence electrons. The van der Waals surface area contributed by atoms with Crippen molar-refractivity contribution >= 4 is 17.6 Å². The van der Waals surface area contributed by atoms with Crippen LogP contribution >= 0.6 is 0 Å². The van der Waals surface area contributed by atoms with Gasteiger partial charge in [-0.15, -0.1) is 10.2 Å². The third-order valence-corrected chi connectivity index (χ3v) is 5.47. The van der Waals surface area contributed by atoms with Gasteiger partial charge >= 0.3 is 0 Å². The number of fused-ring (bicyclic) bond motifs is 1. The smallest absolute Gasteiger partial charge is 0.260 e. The zero-order chi connectivity index (χ0) is 23.0. The molecule has 0 radical (unpaired) electrons. The minimum absolute atomic E-state index is 0.0676. The van der Waals surface area contributed by atoms with Gasteiger partial charge in [0.15, 0.2) is 5.82 Å². The fraction of sp³-hybridized carbons (Fsp3) is 0.348. The first-order valence-electron chi connectivity index (χ1n) is 10.5. The molecular formula is C23H26N6O3. The summed E-state index contributed by atoms with van der Waals surface area (Å²) in [6.45, 7) is 8.49. The summed E-state index contributed by atoms with van der Waals surface area (Å²) in [4.78, 5) is 32.2. The van der Waals surface area contributed by atoms with E-state index >= 15 is 0 Å². The molecule has 0 unspecified atom stereocenters. The Balaban J connectivity index is 1.63. The molecule has 32 heavy (non-hydrogen) atoms. The predicted molar refractivity (Wildman–Crippen MR) is 120 cm³/mol. The monoisotopic (exact) mass is 434 g/mol. The minimum atomic E-state index is -0.407. The Morgan fingerprint density at radius 1 is 1.16 bits per heavy atom. The van der Waals surface area contributed by atoms with Crippen LogP contribution in [-0.2, 0) is 6.54 Å². The number of pyridine rings is 1. The van der Waals surface area contributed by atoms with E-state index in [1.807, 2.05) is 38.3 Å². The van der Waals surface area contributed by atoms with Gasteiger partial charge in [-0.1, -0.05) is 6.07 Å². The lowest BCUT2D eigenvalue weighted by atomic mass is 10.0. The van der Waals surface area contributed by atoms with Gasteiger partial charge in [0.1, 0.15) is 23.6 Å². The van der Waals surface area contributed by atoms with E-state index in [2.05, 4.69) is 20.5 Å². The van der Waals surface area contributed by atoms with Gasteiger partial charge in [-0.25, -0.2) is 4.98 Å². The molecule has 2 amide bonds. The average Bonchev–Trinajstić information content (AvgIpc) is 3.38. The van der Waals surface area contributed by atoms with E-state index in [9.17, 15) is 9.59 Å². The van der Waals surface area contributed by atoms with E-state index in [0.717, 1.165) is 5.56 Å². The lowest BCUT2D eigenvalue weighted by Gasteiger charge is -2.19. The fourth-order valence-electron chi connectivity index (χ4n) is 3.74. The number of benzene rings is 1. The molecule has 3 aromatic rings. The van der Waals surface area contributed by atoms with Crippen molar-refractivity contribution in [2.24, 2.45) is 0 Å². The lowest BCUT2D eigenvalue weighted by molar-refractivity contribution is 0.0730. The molecule has 0 saturated heterocycles. The maximum absolute atomic E-state index is 13.1. The van der Waals surface area contributed by atoms with Crippen LogP contribution in [0.1, 0.15) is 60.0 Å². The first-order valence-corrected chi connectivity index (χ1v) is 10.5. The second-order valence-corrected chi connectivity index (χ2v) is 8.25. The highest BCUT2D eigenvalue weighted by Gasteiger charge is 2.31. The lowest BCUT2D eigenvalue weighted by Crippen LogP contribution is -2.30. The van der Waals surface area contributed by atoms with Crippen molar-refractivity contribution in [3.8, 4) is 17.3 Å². The van der Waals surface area contributed by atoms with Gasteiger partial charge in [-0.2, -0.15) is 0 Å². The Morgan fingerprint density at radius 2 is 1.94 bits per heavy atom. The number of ether oxygens (including phenoxy) is 1. The molecule has 1 N–H and O–H groups in total. The SMILES string of the molecule is COc1cc2c(cc1C(=O)Nc1cccc(-c3nncn3C(C)C)n1)C(=O)N(C(C)C)C2. The van der Waals surface area contributed by atoms with Crippen molar-refractivity contribution in [3.05, 3.63) is 53.3 Å².